The highest BCUT2D eigenvalue weighted by Crippen LogP contribution is 2.18. The van der Waals surface area contributed by atoms with Gasteiger partial charge in [-0.1, -0.05) is 31.9 Å². The second kappa shape index (κ2) is 7.79. The van der Waals surface area contributed by atoms with Crippen LogP contribution in [0, 0.1) is 0 Å². The molecule has 0 bridgehead atoms. The van der Waals surface area contributed by atoms with E-state index in [1.165, 1.54) is 0 Å². The number of carbonyl (C=O) groups excluding carboxylic acids is 1. The summed E-state index contributed by atoms with van der Waals surface area (Å²) in [7, 11) is 1.63. The number of nitrogens with one attached hydrogen (secondary N) is 1. The van der Waals surface area contributed by atoms with E-state index in [1.807, 2.05) is 31.2 Å². The number of hydrogen-bond acceptors (Lipinski definition) is 3. The summed E-state index contributed by atoms with van der Waals surface area (Å²) in [6, 6.07) is 7.18. The molecule has 0 radical (unpaired) electrons. The zero-order chi connectivity index (χ0) is 14.3. The van der Waals surface area contributed by atoms with Crippen molar-refractivity contribution in [1.82, 2.24) is 5.32 Å². The Bertz CT molecular complexity index is 407. The minimum Gasteiger partial charge on any atom is -0.497 e. The van der Waals surface area contributed by atoms with E-state index in [1.54, 1.807) is 7.11 Å². The predicted molar refractivity (Wildman–Crippen MR) is 77.1 cm³/mol. The Morgan fingerprint density at radius 1 is 1.47 bits per heavy atom. The molecular weight excluding hydrogens is 240 g/mol. The van der Waals surface area contributed by atoms with Crippen molar-refractivity contribution in [2.75, 3.05) is 7.11 Å². The van der Waals surface area contributed by atoms with Crippen molar-refractivity contribution in [3.63, 3.8) is 0 Å². The molecule has 1 aromatic carbocycles. The van der Waals surface area contributed by atoms with E-state index in [4.69, 9.17) is 10.5 Å². The number of rotatable bonds is 7. The zero-order valence-corrected chi connectivity index (χ0v) is 12.0. The maximum atomic E-state index is 11.9. The molecule has 0 heterocycles. The lowest BCUT2D eigenvalue weighted by atomic mass is 10.1. The van der Waals surface area contributed by atoms with Gasteiger partial charge in [-0.3, -0.25) is 4.79 Å². The van der Waals surface area contributed by atoms with Gasteiger partial charge >= 0.3 is 0 Å². The molecule has 3 N–H and O–H groups in total. The second-order valence-corrected chi connectivity index (χ2v) is 4.76. The molecule has 0 aliphatic rings. The standard InChI is InChI=1S/C15H24N2O2/c1-4-5-9-14(16)15(18)17-11(2)12-7-6-8-13(10-12)19-3/h6-8,10-11,14H,4-5,9,16H2,1-3H3,(H,17,18)/t11-,14?/m1/s1. The number of unbranched alkanes of at least 4 members (excludes halogenated alkanes) is 1. The number of ether oxygens (including phenoxy) is 1. The van der Waals surface area contributed by atoms with E-state index in [0.717, 1.165) is 30.6 Å². The molecule has 0 aliphatic carbocycles. The first-order valence-electron chi connectivity index (χ1n) is 6.78. The summed E-state index contributed by atoms with van der Waals surface area (Å²) in [5.74, 6) is 0.692. The maximum Gasteiger partial charge on any atom is 0.237 e. The third-order valence-electron chi connectivity index (χ3n) is 3.16. The van der Waals surface area contributed by atoms with Crippen LogP contribution in [0.15, 0.2) is 24.3 Å². The summed E-state index contributed by atoms with van der Waals surface area (Å²) >= 11 is 0. The molecule has 4 nitrogen and oxygen atoms in total. The van der Waals surface area contributed by atoms with Crippen LogP contribution in [0.2, 0.25) is 0 Å². The molecule has 1 unspecified atom stereocenters. The largest absolute Gasteiger partial charge is 0.497 e. The van der Waals surface area contributed by atoms with Gasteiger partial charge in [0.25, 0.3) is 0 Å². The summed E-state index contributed by atoms with van der Waals surface area (Å²) in [5.41, 5.74) is 6.86. The topological polar surface area (TPSA) is 64.4 Å². The van der Waals surface area contributed by atoms with Gasteiger partial charge in [0.05, 0.1) is 19.2 Å². The monoisotopic (exact) mass is 264 g/mol. The number of carbonyl (C=O) groups is 1. The molecule has 4 heteroatoms. The highest BCUT2D eigenvalue weighted by Gasteiger charge is 2.16. The average Bonchev–Trinajstić information content (AvgIpc) is 2.44. The second-order valence-electron chi connectivity index (χ2n) is 4.76. The molecule has 106 valence electrons. The van der Waals surface area contributed by atoms with Crippen molar-refractivity contribution in [1.29, 1.82) is 0 Å². The number of benzene rings is 1. The van der Waals surface area contributed by atoms with E-state index in [9.17, 15) is 4.79 Å². The van der Waals surface area contributed by atoms with E-state index >= 15 is 0 Å². The number of hydrogen-bond donors (Lipinski definition) is 2. The third-order valence-corrected chi connectivity index (χ3v) is 3.16. The van der Waals surface area contributed by atoms with Gasteiger partial charge in [-0.2, -0.15) is 0 Å². The van der Waals surface area contributed by atoms with E-state index < -0.39 is 6.04 Å². The summed E-state index contributed by atoms with van der Waals surface area (Å²) in [4.78, 5) is 11.9. The van der Waals surface area contributed by atoms with Crippen LogP contribution >= 0.6 is 0 Å². The van der Waals surface area contributed by atoms with Crippen molar-refractivity contribution in [2.45, 2.75) is 45.2 Å². The van der Waals surface area contributed by atoms with Crippen LogP contribution in [-0.2, 0) is 4.79 Å². The number of nitrogens with two attached hydrogens (primary N) is 1. The van der Waals surface area contributed by atoms with E-state index in [2.05, 4.69) is 12.2 Å². The molecule has 1 aromatic rings. The van der Waals surface area contributed by atoms with Gasteiger partial charge in [-0.05, 0) is 31.0 Å². The Morgan fingerprint density at radius 2 is 2.21 bits per heavy atom. The Kier molecular flexibility index (Phi) is 6.36. The van der Waals surface area contributed by atoms with Crippen LogP contribution in [0.4, 0.5) is 0 Å². The lowest BCUT2D eigenvalue weighted by molar-refractivity contribution is -0.123. The van der Waals surface area contributed by atoms with Crippen molar-refractivity contribution in [2.24, 2.45) is 5.73 Å². The molecule has 0 aromatic heterocycles. The predicted octanol–water partition coefficient (Wildman–Crippen LogP) is 2.39. The van der Waals surface area contributed by atoms with Crippen LogP contribution in [0.1, 0.15) is 44.7 Å². The van der Waals surface area contributed by atoms with Gasteiger partial charge in [0.15, 0.2) is 0 Å². The van der Waals surface area contributed by atoms with E-state index in [0.29, 0.717) is 0 Å². The highest BCUT2D eigenvalue weighted by molar-refractivity contribution is 5.81. The Hall–Kier alpha value is -1.55. The molecule has 1 rings (SSSR count). The Balaban J connectivity index is 2.58. The zero-order valence-electron chi connectivity index (χ0n) is 12.0. The summed E-state index contributed by atoms with van der Waals surface area (Å²) in [6.07, 6.45) is 2.75. The maximum absolute atomic E-state index is 11.9. The van der Waals surface area contributed by atoms with Gasteiger partial charge in [0, 0.05) is 0 Å². The third kappa shape index (κ3) is 4.91. The van der Waals surface area contributed by atoms with Crippen LogP contribution in [0.5, 0.6) is 5.75 Å². The van der Waals surface area contributed by atoms with Crippen molar-refractivity contribution in [3.05, 3.63) is 29.8 Å². The first kappa shape index (κ1) is 15.5. The Labute approximate surface area is 115 Å². The van der Waals surface area contributed by atoms with E-state index in [-0.39, 0.29) is 11.9 Å². The van der Waals surface area contributed by atoms with Crippen molar-refractivity contribution >= 4 is 5.91 Å². The van der Waals surface area contributed by atoms with Crippen LogP contribution in [-0.4, -0.2) is 19.1 Å². The molecular formula is C15H24N2O2. The minimum absolute atomic E-state index is 0.0738. The van der Waals surface area contributed by atoms with Gasteiger partial charge < -0.3 is 15.8 Å². The van der Waals surface area contributed by atoms with Crippen molar-refractivity contribution in [3.8, 4) is 5.75 Å². The van der Waals surface area contributed by atoms with Gasteiger partial charge in [0.1, 0.15) is 5.75 Å². The molecule has 0 fully saturated rings. The summed E-state index contributed by atoms with van der Waals surface area (Å²) in [5, 5.41) is 2.94. The van der Waals surface area contributed by atoms with Crippen molar-refractivity contribution < 1.29 is 9.53 Å². The van der Waals surface area contributed by atoms with Gasteiger partial charge in [-0.25, -0.2) is 0 Å². The molecule has 0 spiro atoms. The number of methoxy groups -OCH3 is 1. The molecule has 0 saturated carbocycles. The van der Waals surface area contributed by atoms with Gasteiger partial charge in [-0.15, -0.1) is 0 Å². The lowest BCUT2D eigenvalue weighted by Gasteiger charge is -2.18. The molecule has 2 atom stereocenters. The number of amides is 1. The highest BCUT2D eigenvalue weighted by atomic mass is 16.5. The lowest BCUT2D eigenvalue weighted by Crippen LogP contribution is -2.41. The molecule has 0 aliphatic heterocycles. The normalized spacial score (nSPS) is 13.7. The fourth-order valence-electron chi connectivity index (χ4n) is 1.87. The fraction of sp³-hybridized carbons (Fsp3) is 0.533. The summed E-state index contributed by atoms with van der Waals surface area (Å²) < 4.78 is 5.17. The Morgan fingerprint density at radius 3 is 2.84 bits per heavy atom. The SMILES string of the molecule is CCCCC(N)C(=O)N[C@H](C)c1cccc(OC)c1. The molecule has 0 saturated heterocycles. The van der Waals surface area contributed by atoms with Crippen LogP contribution in [0.25, 0.3) is 0 Å². The fourth-order valence-corrected chi connectivity index (χ4v) is 1.87. The molecule has 1 amide bonds. The van der Waals surface area contributed by atoms with Gasteiger partial charge in [0.2, 0.25) is 5.91 Å². The smallest absolute Gasteiger partial charge is 0.237 e. The minimum atomic E-state index is -0.423. The first-order valence-corrected chi connectivity index (χ1v) is 6.78. The molecule has 19 heavy (non-hydrogen) atoms. The summed E-state index contributed by atoms with van der Waals surface area (Å²) in [6.45, 7) is 4.03. The van der Waals surface area contributed by atoms with Crippen LogP contribution in [0.3, 0.4) is 0 Å². The quantitative estimate of drug-likeness (QED) is 0.794. The average molecular weight is 264 g/mol. The first-order chi connectivity index (χ1) is 9.08. The van der Waals surface area contributed by atoms with Crippen LogP contribution < -0.4 is 15.8 Å².